The number of nitrogens with one attached hydrogen (secondary N) is 2. The third-order valence-corrected chi connectivity index (χ3v) is 1.52. The zero-order chi connectivity index (χ0) is 11.3. The molecular formula is C8H12N4O3. The fraction of sp³-hybridized carbons (Fsp3) is 0.375. The van der Waals surface area contributed by atoms with Crippen molar-refractivity contribution in [2.24, 2.45) is 5.73 Å². The molecule has 0 saturated heterocycles. The molecule has 82 valence electrons. The number of nitrogens with two attached hydrogens (primary N) is 1. The molecule has 0 unspecified atom stereocenters. The molecule has 0 bridgehead atoms. The first kappa shape index (κ1) is 11.2. The maximum absolute atomic E-state index is 10.9. The van der Waals surface area contributed by atoms with Gasteiger partial charge in [-0.1, -0.05) is 5.16 Å². The molecule has 1 heterocycles. The van der Waals surface area contributed by atoms with Crippen molar-refractivity contribution >= 4 is 11.9 Å². The lowest BCUT2D eigenvalue weighted by molar-refractivity contribution is -0.119. The minimum atomic E-state index is -0.864. The lowest BCUT2D eigenvalue weighted by atomic mass is 10.4. The number of aryl methyl sites for hydroxylation is 1. The van der Waals surface area contributed by atoms with Crippen molar-refractivity contribution in [3.05, 3.63) is 17.5 Å². The molecule has 15 heavy (non-hydrogen) atoms. The molecule has 7 heteroatoms. The van der Waals surface area contributed by atoms with Gasteiger partial charge in [0.05, 0.1) is 18.8 Å². The number of aromatic nitrogens is 1. The zero-order valence-electron chi connectivity index (χ0n) is 8.24. The van der Waals surface area contributed by atoms with Crippen molar-refractivity contribution in [1.82, 2.24) is 15.8 Å². The molecule has 0 aliphatic rings. The SMILES string of the molecule is Cc1cc(CNCC(=O)NC(N)=O)on1. The van der Waals surface area contributed by atoms with Gasteiger partial charge in [0.25, 0.3) is 0 Å². The summed E-state index contributed by atoms with van der Waals surface area (Å²) >= 11 is 0. The third kappa shape index (κ3) is 4.23. The largest absolute Gasteiger partial charge is 0.360 e. The van der Waals surface area contributed by atoms with Gasteiger partial charge in [-0.3, -0.25) is 10.1 Å². The van der Waals surface area contributed by atoms with E-state index in [0.29, 0.717) is 12.3 Å². The van der Waals surface area contributed by atoms with E-state index in [1.807, 2.05) is 5.32 Å². The van der Waals surface area contributed by atoms with Gasteiger partial charge in [-0.2, -0.15) is 0 Å². The first-order valence-corrected chi connectivity index (χ1v) is 4.30. The Bertz CT molecular complexity index is 361. The average molecular weight is 212 g/mol. The topological polar surface area (TPSA) is 110 Å². The minimum Gasteiger partial charge on any atom is -0.360 e. The van der Waals surface area contributed by atoms with E-state index < -0.39 is 11.9 Å². The fourth-order valence-electron chi connectivity index (χ4n) is 0.980. The Labute approximate surface area is 86.0 Å². The summed E-state index contributed by atoms with van der Waals surface area (Å²) in [4.78, 5) is 21.2. The molecule has 3 amide bonds. The fourth-order valence-corrected chi connectivity index (χ4v) is 0.980. The zero-order valence-corrected chi connectivity index (χ0v) is 8.24. The summed E-state index contributed by atoms with van der Waals surface area (Å²) in [6.45, 7) is 2.16. The van der Waals surface area contributed by atoms with Crippen LogP contribution in [0.2, 0.25) is 0 Å². The number of carbonyl (C=O) groups is 2. The highest BCUT2D eigenvalue weighted by atomic mass is 16.5. The number of rotatable bonds is 4. The van der Waals surface area contributed by atoms with Gasteiger partial charge >= 0.3 is 6.03 Å². The second-order valence-electron chi connectivity index (χ2n) is 2.95. The Morgan fingerprint density at radius 2 is 2.33 bits per heavy atom. The van der Waals surface area contributed by atoms with Crippen LogP contribution in [0.15, 0.2) is 10.6 Å². The molecule has 0 saturated carbocycles. The lowest BCUT2D eigenvalue weighted by Gasteiger charge is -2.01. The Hall–Kier alpha value is -1.89. The molecule has 0 aliphatic carbocycles. The summed E-state index contributed by atoms with van der Waals surface area (Å²) in [6, 6.07) is 0.885. The maximum atomic E-state index is 10.9. The van der Waals surface area contributed by atoms with E-state index in [1.165, 1.54) is 0 Å². The van der Waals surface area contributed by atoms with Gasteiger partial charge in [0.1, 0.15) is 0 Å². The van der Waals surface area contributed by atoms with E-state index in [0.717, 1.165) is 5.69 Å². The minimum absolute atomic E-state index is 0.0112. The molecule has 1 aromatic heterocycles. The van der Waals surface area contributed by atoms with Crippen molar-refractivity contribution in [2.75, 3.05) is 6.54 Å². The van der Waals surface area contributed by atoms with Crippen LogP contribution in [0, 0.1) is 6.92 Å². The van der Waals surface area contributed by atoms with Crippen molar-refractivity contribution < 1.29 is 14.1 Å². The van der Waals surface area contributed by atoms with Gasteiger partial charge in [-0.25, -0.2) is 4.79 Å². The van der Waals surface area contributed by atoms with Crippen LogP contribution in [-0.2, 0) is 11.3 Å². The number of amides is 3. The van der Waals surface area contributed by atoms with Gasteiger partial charge in [0.15, 0.2) is 5.76 Å². The third-order valence-electron chi connectivity index (χ3n) is 1.52. The van der Waals surface area contributed by atoms with Gasteiger partial charge in [-0.15, -0.1) is 0 Å². The van der Waals surface area contributed by atoms with Gasteiger partial charge in [0.2, 0.25) is 5.91 Å². The predicted molar refractivity (Wildman–Crippen MR) is 50.7 cm³/mol. The lowest BCUT2D eigenvalue weighted by Crippen LogP contribution is -2.40. The molecular weight excluding hydrogens is 200 g/mol. The van der Waals surface area contributed by atoms with Gasteiger partial charge in [0, 0.05) is 6.07 Å². The van der Waals surface area contributed by atoms with Crippen LogP contribution in [0.25, 0.3) is 0 Å². The van der Waals surface area contributed by atoms with Crippen LogP contribution in [0.1, 0.15) is 11.5 Å². The quantitative estimate of drug-likeness (QED) is 0.609. The monoisotopic (exact) mass is 212 g/mol. The highest BCUT2D eigenvalue weighted by molar-refractivity contribution is 5.94. The Balaban J connectivity index is 2.22. The van der Waals surface area contributed by atoms with Crippen molar-refractivity contribution in [2.45, 2.75) is 13.5 Å². The van der Waals surface area contributed by atoms with Crippen molar-refractivity contribution in [3.8, 4) is 0 Å². The van der Waals surface area contributed by atoms with E-state index >= 15 is 0 Å². The van der Waals surface area contributed by atoms with E-state index in [-0.39, 0.29) is 6.54 Å². The second-order valence-corrected chi connectivity index (χ2v) is 2.95. The van der Waals surface area contributed by atoms with Crippen LogP contribution in [0.5, 0.6) is 0 Å². The summed E-state index contributed by atoms with van der Waals surface area (Å²) in [5.74, 6) is 0.137. The molecule has 0 aromatic carbocycles. The Kier molecular flexibility index (Phi) is 3.81. The predicted octanol–water partition coefficient (Wildman–Crippen LogP) is -0.732. The number of carbonyl (C=O) groups excluding carboxylic acids is 2. The Morgan fingerprint density at radius 1 is 1.60 bits per heavy atom. The van der Waals surface area contributed by atoms with Crippen LogP contribution in [-0.4, -0.2) is 23.6 Å². The summed E-state index contributed by atoms with van der Waals surface area (Å²) in [7, 11) is 0. The standard InChI is InChI=1S/C8H12N4O3/c1-5-2-6(15-12-5)3-10-4-7(13)11-8(9)14/h2,10H,3-4H2,1H3,(H3,9,11,13,14). The van der Waals surface area contributed by atoms with E-state index in [9.17, 15) is 9.59 Å². The van der Waals surface area contributed by atoms with E-state index in [4.69, 9.17) is 10.3 Å². The van der Waals surface area contributed by atoms with Crippen molar-refractivity contribution in [1.29, 1.82) is 0 Å². The summed E-state index contributed by atoms with van der Waals surface area (Å²) in [6.07, 6.45) is 0. The smallest absolute Gasteiger partial charge is 0.318 e. The highest BCUT2D eigenvalue weighted by Gasteiger charge is 2.04. The van der Waals surface area contributed by atoms with Crippen LogP contribution >= 0.6 is 0 Å². The Morgan fingerprint density at radius 3 is 2.87 bits per heavy atom. The normalized spacial score (nSPS) is 9.93. The molecule has 0 atom stereocenters. The first-order valence-electron chi connectivity index (χ1n) is 4.30. The number of nitrogens with zero attached hydrogens (tertiary/aromatic N) is 1. The highest BCUT2D eigenvalue weighted by Crippen LogP contribution is 2.00. The van der Waals surface area contributed by atoms with Crippen LogP contribution in [0.4, 0.5) is 4.79 Å². The molecule has 0 aliphatic heterocycles. The molecule has 1 aromatic rings. The number of hydrogen-bond donors (Lipinski definition) is 3. The average Bonchev–Trinajstić information content (AvgIpc) is 2.50. The first-order chi connectivity index (χ1) is 7.08. The molecule has 0 radical (unpaired) electrons. The van der Waals surface area contributed by atoms with E-state index in [1.54, 1.807) is 13.0 Å². The van der Waals surface area contributed by atoms with Gasteiger partial charge < -0.3 is 15.6 Å². The number of urea groups is 1. The summed E-state index contributed by atoms with van der Waals surface area (Å²) < 4.78 is 4.89. The second kappa shape index (κ2) is 5.11. The van der Waals surface area contributed by atoms with Gasteiger partial charge in [-0.05, 0) is 6.92 Å². The van der Waals surface area contributed by atoms with Crippen LogP contribution in [0.3, 0.4) is 0 Å². The molecule has 4 N–H and O–H groups in total. The summed E-state index contributed by atoms with van der Waals surface area (Å²) in [5, 5.41) is 8.37. The van der Waals surface area contributed by atoms with Crippen molar-refractivity contribution in [3.63, 3.8) is 0 Å². The molecule has 0 spiro atoms. The van der Waals surface area contributed by atoms with E-state index in [2.05, 4.69) is 10.5 Å². The number of imide groups is 1. The maximum Gasteiger partial charge on any atom is 0.318 e. The number of primary amides is 1. The number of hydrogen-bond acceptors (Lipinski definition) is 5. The van der Waals surface area contributed by atoms with Crippen LogP contribution < -0.4 is 16.4 Å². The molecule has 0 fully saturated rings. The summed E-state index contributed by atoms with van der Waals surface area (Å²) in [5.41, 5.74) is 5.52. The molecule has 1 rings (SSSR count). The molecule has 7 nitrogen and oxygen atoms in total.